The van der Waals surface area contributed by atoms with Crippen LogP contribution in [0, 0.1) is 5.92 Å². The van der Waals surface area contributed by atoms with Gasteiger partial charge < -0.3 is 10.1 Å². The number of halogens is 1. The number of amides is 1. The third-order valence-electron chi connectivity index (χ3n) is 1.89. The van der Waals surface area contributed by atoms with Crippen LogP contribution in [0.25, 0.3) is 0 Å². The summed E-state index contributed by atoms with van der Waals surface area (Å²) in [6, 6.07) is 3.41. The zero-order valence-electron chi connectivity index (χ0n) is 8.66. The molecule has 1 aromatic heterocycles. The van der Waals surface area contributed by atoms with Crippen molar-refractivity contribution in [3.8, 4) is 5.88 Å². The summed E-state index contributed by atoms with van der Waals surface area (Å²) < 4.78 is 4.90. The number of carbonyl (C=O) groups is 1. The molecule has 4 nitrogen and oxygen atoms in total. The maximum Gasteiger partial charge on any atom is 0.228 e. The highest BCUT2D eigenvalue weighted by atomic mass is 35.5. The first kappa shape index (κ1) is 11.8. The SMILES string of the molecule is COc1ccc(NC(=O)C(C)CCl)cn1. The molecule has 82 valence electrons. The number of nitrogens with one attached hydrogen (secondary N) is 1. The number of pyridine rings is 1. The minimum Gasteiger partial charge on any atom is -0.481 e. The van der Waals surface area contributed by atoms with E-state index in [9.17, 15) is 4.79 Å². The van der Waals surface area contributed by atoms with Gasteiger partial charge in [-0.25, -0.2) is 4.98 Å². The van der Waals surface area contributed by atoms with Crippen LogP contribution in [0.5, 0.6) is 5.88 Å². The predicted molar refractivity (Wildman–Crippen MR) is 59.3 cm³/mol. The molecule has 1 N–H and O–H groups in total. The lowest BCUT2D eigenvalue weighted by Crippen LogP contribution is -2.21. The van der Waals surface area contributed by atoms with Gasteiger partial charge in [0.15, 0.2) is 0 Å². The maximum absolute atomic E-state index is 11.4. The van der Waals surface area contributed by atoms with Gasteiger partial charge in [0, 0.05) is 17.9 Å². The number of rotatable bonds is 4. The Kier molecular flexibility index (Phi) is 4.37. The minimum absolute atomic E-state index is 0.114. The largest absolute Gasteiger partial charge is 0.481 e. The summed E-state index contributed by atoms with van der Waals surface area (Å²) in [6.07, 6.45) is 1.54. The Balaban J connectivity index is 2.61. The van der Waals surface area contributed by atoms with Crippen molar-refractivity contribution in [3.05, 3.63) is 18.3 Å². The first-order chi connectivity index (χ1) is 7.17. The fourth-order valence-corrected chi connectivity index (χ4v) is 1.05. The number of ether oxygens (including phenoxy) is 1. The summed E-state index contributed by atoms with van der Waals surface area (Å²) >= 11 is 5.56. The predicted octanol–water partition coefficient (Wildman–Crippen LogP) is 1.90. The molecular formula is C10H13ClN2O2. The lowest BCUT2D eigenvalue weighted by Gasteiger charge is -2.08. The first-order valence-electron chi connectivity index (χ1n) is 4.54. The molecule has 0 saturated carbocycles. The Hall–Kier alpha value is -1.29. The minimum atomic E-state index is -0.214. The van der Waals surface area contributed by atoms with Gasteiger partial charge in [-0.2, -0.15) is 0 Å². The van der Waals surface area contributed by atoms with Gasteiger partial charge >= 0.3 is 0 Å². The molecular weight excluding hydrogens is 216 g/mol. The highest BCUT2D eigenvalue weighted by Gasteiger charge is 2.11. The van der Waals surface area contributed by atoms with Gasteiger partial charge in [-0.3, -0.25) is 4.79 Å². The summed E-state index contributed by atoms with van der Waals surface area (Å²) in [4.78, 5) is 15.4. The second kappa shape index (κ2) is 5.56. The zero-order valence-corrected chi connectivity index (χ0v) is 9.41. The molecule has 1 unspecified atom stereocenters. The summed E-state index contributed by atoms with van der Waals surface area (Å²) in [5.41, 5.74) is 0.637. The zero-order chi connectivity index (χ0) is 11.3. The van der Waals surface area contributed by atoms with E-state index < -0.39 is 0 Å². The second-order valence-corrected chi connectivity index (χ2v) is 3.44. The molecule has 0 saturated heterocycles. The normalized spacial score (nSPS) is 11.9. The van der Waals surface area contributed by atoms with Crippen LogP contribution in [0.2, 0.25) is 0 Å². The lowest BCUT2D eigenvalue weighted by atomic mass is 10.2. The van der Waals surface area contributed by atoms with Crippen molar-refractivity contribution in [2.45, 2.75) is 6.92 Å². The van der Waals surface area contributed by atoms with Gasteiger partial charge in [0.2, 0.25) is 11.8 Å². The molecule has 1 atom stereocenters. The molecule has 15 heavy (non-hydrogen) atoms. The molecule has 0 radical (unpaired) electrons. The summed E-state index contributed by atoms with van der Waals surface area (Å²) in [7, 11) is 1.54. The number of alkyl halides is 1. The van der Waals surface area contributed by atoms with Crippen LogP contribution in [0.1, 0.15) is 6.92 Å². The standard InChI is InChI=1S/C10H13ClN2O2/c1-7(5-11)10(14)13-8-3-4-9(15-2)12-6-8/h3-4,6-7H,5H2,1-2H3,(H,13,14). The van der Waals surface area contributed by atoms with Gasteiger partial charge in [0.05, 0.1) is 19.0 Å². The molecule has 0 aliphatic heterocycles. The molecule has 0 spiro atoms. The molecule has 0 aliphatic rings. The van der Waals surface area contributed by atoms with E-state index >= 15 is 0 Å². The van der Waals surface area contributed by atoms with Crippen LogP contribution in [-0.4, -0.2) is 23.9 Å². The van der Waals surface area contributed by atoms with Crippen LogP contribution in [0.4, 0.5) is 5.69 Å². The quantitative estimate of drug-likeness (QED) is 0.801. The van der Waals surface area contributed by atoms with Gasteiger partial charge in [0.1, 0.15) is 0 Å². The van der Waals surface area contributed by atoms with E-state index in [-0.39, 0.29) is 11.8 Å². The molecule has 0 aromatic carbocycles. The smallest absolute Gasteiger partial charge is 0.228 e. The van der Waals surface area contributed by atoms with Crippen molar-refractivity contribution in [1.29, 1.82) is 0 Å². The number of carbonyl (C=O) groups excluding carboxylic acids is 1. The van der Waals surface area contributed by atoms with Crippen LogP contribution >= 0.6 is 11.6 Å². The van der Waals surface area contributed by atoms with Gasteiger partial charge in [0.25, 0.3) is 0 Å². The van der Waals surface area contributed by atoms with E-state index in [1.165, 1.54) is 13.3 Å². The van der Waals surface area contributed by atoms with Gasteiger partial charge in [-0.05, 0) is 6.07 Å². The Morgan fingerprint density at radius 3 is 2.87 bits per heavy atom. The number of hydrogen-bond acceptors (Lipinski definition) is 3. The molecule has 0 bridgehead atoms. The molecule has 0 aliphatic carbocycles. The topological polar surface area (TPSA) is 51.2 Å². The Labute approximate surface area is 93.6 Å². The van der Waals surface area contributed by atoms with E-state index in [1.54, 1.807) is 19.1 Å². The number of hydrogen-bond donors (Lipinski definition) is 1. The molecule has 1 amide bonds. The lowest BCUT2D eigenvalue weighted by molar-refractivity contribution is -0.118. The second-order valence-electron chi connectivity index (χ2n) is 3.13. The number of anilines is 1. The summed E-state index contributed by atoms with van der Waals surface area (Å²) in [5, 5.41) is 2.70. The molecule has 1 aromatic rings. The monoisotopic (exact) mass is 228 g/mol. The average Bonchev–Trinajstić information content (AvgIpc) is 2.29. The number of aromatic nitrogens is 1. The summed E-state index contributed by atoms with van der Waals surface area (Å²) in [6.45, 7) is 1.76. The first-order valence-corrected chi connectivity index (χ1v) is 5.07. The van der Waals surface area contributed by atoms with Crippen molar-refractivity contribution < 1.29 is 9.53 Å². The molecule has 5 heteroatoms. The number of methoxy groups -OCH3 is 1. The average molecular weight is 229 g/mol. The molecule has 1 rings (SSSR count). The Morgan fingerprint density at radius 1 is 1.67 bits per heavy atom. The van der Waals surface area contributed by atoms with Crippen molar-refractivity contribution in [1.82, 2.24) is 4.98 Å². The highest BCUT2D eigenvalue weighted by molar-refractivity contribution is 6.19. The van der Waals surface area contributed by atoms with Crippen LogP contribution in [0.3, 0.4) is 0 Å². The van der Waals surface area contributed by atoms with Crippen molar-refractivity contribution >= 4 is 23.2 Å². The molecule has 0 fully saturated rings. The van der Waals surface area contributed by atoms with Gasteiger partial charge in [-0.1, -0.05) is 6.92 Å². The maximum atomic E-state index is 11.4. The van der Waals surface area contributed by atoms with Crippen LogP contribution < -0.4 is 10.1 Å². The van der Waals surface area contributed by atoms with Crippen LogP contribution in [0.15, 0.2) is 18.3 Å². The third-order valence-corrected chi connectivity index (χ3v) is 2.35. The third kappa shape index (κ3) is 3.40. The van der Waals surface area contributed by atoms with E-state index in [1.807, 2.05) is 0 Å². The fraction of sp³-hybridized carbons (Fsp3) is 0.400. The molecule has 1 heterocycles. The highest BCUT2D eigenvalue weighted by Crippen LogP contribution is 2.12. The van der Waals surface area contributed by atoms with Crippen molar-refractivity contribution in [3.63, 3.8) is 0 Å². The van der Waals surface area contributed by atoms with Crippen LogP contribution in [-0.2, 0) is 4.79 Å². The van der Waals surface area contributed by atoms with E-state index in [0.717, 1.165) is 0 Å². The van der Waals surface area contributed by atoms with E-state index in [0.29, 0.717) is 17.4 Å². The van der Waals surface area contributed by atoms with Crippen molar-refractivity contribution in [2.24, 2.45) is 5.92 Å². The fourth-order valence-electron chi connectivity index (χ4n) is 0.911. The van der Waals surface area contributed by atoms with E-state index in [4.69, 9.17) is 16.3 Å². The van der Waals surface area contributed by atoms with Gasteiger partial charge in [-0.15, -0.1) is 11.6 Å². The number of nitrogens with zero attached hydrogens (tertiary/aromatic N) is 1. The Morgan fingerprint density at radius 2 is 2.40 bits per heavy atom. The Bertz CT molecular complexity index is 327. The summed E-state index contributed by atoms with van der Waals surface area (Å²) in [5.74, 6) is 0.485. The van der Waals surface area contributed by atoms with Crippen molar-refractivity contribution in [2.75, 3.05) is 18.3 Å². The van der Waals surface area contributed by atoms with E-state index in [2.05, 4.69) is 10.3 Å².